The highest BCUT2D eigenvalue weighted by Crippen LogP contribution is 2.17. The van der Waals surface area contributed by atoms with Crippen LogP contribution in [0.2, 0.25) is 0 Å². The second kappa shape index (κ2) is 6.13. The SMILES string of the molecule is O=C(N1CCOCC1)N1CCN(c2ccccc2)C(=O)C1. The van der Waals surface area contributed by atoms with Crippen molar-refractivity contribution >= 4 is 17.6 Å². The third kappa shape index (κ3) is 3.00. The molecule has 0 saturated carbocycles. The molecule has 6 nitrogen and oxygen atoms in total. The molecule has 0 aliphatic carbocycles. The van der Waals surface area contributed by atoms with Gasteiger partial charge in [-0.2, -0.15) is 0 Å². The van der Waals surface area contributed by atoms with Crippen molar-refractivity contribution in [3.8, 4) is 0 Å². The van der Waals surface area contributed by atoms with Crippen LogP contribution in [-0.2, 0) is 9.53 Å². The summed E-state index contributed by atoms with van der Waals surface area (Å²) in [6.07, 6.45) is 0. The number of carbonyl (C=O) groups excluding carboxylic acids is 2. The van der Waals surface area contributed by atoms with Crippen LogP contribution in [0.25, 0.3) is 0 Å². The van der Waals surface area contributed by atoms with Gasteiger partial charge in [0.15, 0.2) is 0 Å². The molecule has 112 valence electrons. The van der Waals surface area contributed by atoms with Gasteiger partial charge in [0, 0.05) is 31.9 Å². The molecule has 2 heterocycles. The van der Waals surface area contributed by atoms with Gasteiger partial charge in [-0.05, 0) is 12.1 Å². The lowest BCUT2D eigenvalue weighted by molar-refractivity contribution is -0.120. The molecule has 3 rings (SSSR count). The average molecular weight is 289 g/mol. The molecule has 0 aromatic heterocycles. The highest BCUT2D eigenvalue weighted by molar-refractivity contribution is 5.97. The van der Waals surface area contributed by atoms with E-state index in [0.717, 1.165) is 5.69 Å². The number of para-hydroxylation sites is 1. The minimum Gasteiger partial charge on any atom is -0.378 e. The fraction of sp³-hybridized carbons (Fsp3) is 0.467. The Labute approximate surface area is 123 Å². The first-order chi connectivity index (χ1) is 10.3. The van der Waals surface area contributed by atoms with E-state index in [-0.39, 0.29) is 18.5 Å². The number of carbonyl (C=O) groups is 2. The summed E-state index contributed by atoms with van der Waals surface area (Å²) in [7, 11) is 0. The van der Waals surface area contributed by atoms with Crippen molar-refractivity contribution in [3.63, 3.8) is 0 Å². The van der Waals surface area contributed by atoms with Gasteiger partial charge in [-0.25, -0.2) is 4.79 Å². The van der Waals surface area contributed by atoms with Gasteiger partial charge in [-0.15, -0.1) is 0 Å². The zero-order valence-corrected chi connectivity index (χ0v) is 11.9. The van der Waals surface area contributed by atoms with E-state index in [1.807, 2.05) is 30.3 Å². The topological polar surface area (TPSA) is 53.1 Å². The molecule has 2 aliphatic rings. The molecule has 0 bridgehead atoms. The first-order valence-corrected chi connectivity index (χ1v) is 7.23. The molecular formula is C15H19N3O3. The van der Waals surface area contributed by atoms with Gasteiger partial charge in [-0.3, -0.25) is 4.79 Å². The van der Waals surface area contributed by atoms with E-state index in [4.69, 9.17) is 4.74 Å². The summed E-state index contributed by atoms with van der Waals surface area (Å²) in [6.45, 7) is 3.60. The molecule has 3 amide bonds. The Morgan fingerprint density at radius 3 is 2.33 bits per heavy atom. The first-order valence-electron chi connectivity index (χ1n) is 7.23. The van der Waals surface area contributed by atoms with Gasteiger partial charge < -0.3 is 19.4 Å². The number of hydrogen-bond donors (Lipinski definition) is 0. The molecule has 2 fully saturated rings. The summed E-state index contributed by atoms with van der Waals surface area (Å²) < 4.78 is 5.25. The molecule has 1 aromatic rings. The van der Waals surface area contributed by atoms with E-state index in [1.54, 1.807) is 14.7 Å². The third-order valence-corrected chi connectivity index (χ3v) is 3.84. The number of benzene rings is 1. The summed E-state index contributed by atoms with van der Waals surface area (Å²) in [4.78, 5) is 29.8. The number of morpholine rings is 1. The van der Waals surface area contributed by atoms with E-state index in [0.29, 0.717) is 39.4 Å². The van der Waals surface area contributed by atoms with Crippen molar-refractivity contribution < 1.29 is 14.3 Å². The average Bonchev–Trinajstić information content (AvgIpc) is 2.55. The highest BCUT2D eigenvalue weighted by atomic mass is 16.5. The maximum Gasteiger partial charge on any atom is 0.320 e. The number of urea groups is 1. The smallest absolute Gasteiger partial charge is 0.320 e. The highest BCUT2D eigenvalue weighted by Gasteiger charge is 2.30. The third-order valence-electron chi connectivity index (χ3n) is 3.84. The molecule has 0 N–H and O–H groups in total. The van der Waals surface area contributed by atoms with Crippen molar-refractivity contribution in [2.24, 2.45) is 0 Å². The molecule has 1 aromatic carbocycles. The van der Waals surface area contributed by atoms with Crippen LogP contribution in [0.4, 0.5) is 10.5 Å². The fourth-order valence-electron chi connectivity index (χ4n) is 2.67. The lowest BCUT2D eigenvalue weighted by atomic mass is 10.2. The summed E-state index contributed by atoms with van der Waals surface area (Å²) in [5.74, 6) is -0.0333. The van der Waals surface area contributed by atoms with E-state index >= 15 is 0 Å². The summed E-state index contributed by atoms with van der Waals surface area (Å²) >= 11 is 0. The predicted molar refractivity (Wildman–Crippen MR) is 78.2 cm³/mol. The lowest BCUT2D eigenvalue weighted by Crippen LogP contribution is -2.57. The largest absolute Gasteiger partial charge is 0.378 e. The number of nitrogens with zero attached hydrogens (tertiary/aromatic N) is 3. The van der Waals surface area contributed by atoms with Crippen LogP contribution in [0.5, 0.6) is 0 Å². The van der Waals surface area contributed by atoms with Crippen molar-refractivity contribution in [1.82, 2.24) is 9.80 Å². The second-order valence-electron chi connectivity index (χ2n) is 5.18. The zero-order valence-electron chi connectivity index (χ0n) is 11.9. The van der Waals surface area contributed by atoms with Crippen LogP contribution in [-0.4, -0.2) is 67.7 Å². The molecule has 2 saturated heterocycles. The number of hydrogen-bond acceptors (Lipinski definition) is 3. The monoisotopic (exact) mass is 289 g/mol. The Hall–Kier alpha value is -2.08. The van der Waals surface area contributed by atoms with Gasteiger partial charge in [0.2, 0.25) is 5.91 Å². The van der Waals surface area contributed by atoms with Gasteiger partial charge in [0.25, 0.3) is 0 Å². The molecule has 0 atom stereocenters. The predicted octanol–water partition coefficient (Wildman–Crippen LogP) is 0.787. The standard InChI is InChI=1S/C15H19N3O3/c19-14-12-17(15(20)16-8-10-21-11-9-16)6-7-18(14)13-4-2-1-3-5-13/h1-5H,6-12H2. The number of piperazine rings is 1. The number of rotatable bonds is 1. The van der Waals surface area contributed by atoms with E-state index in [2.05, 4.69) is 0 Å². The summed E-state index contributed by atoms with van der Waals surface area (Å²) in [5.41, 5.74) is 0.890. The molecule has 2 aliphatic heterocycles. The number of ether oxygens (including phenoxy) is 1. The molecule has 6 heteroatoms. The Morgan fingerprint density at radius 1 is 0.952 bits per heavy atom. The van der Waals surface area contributed by atoms with Gasteiger partial charge in [0.05, 0.1) is 13.2 Å². The quantitative estimate of drug-likeness (QED) is 0.768. The Kier molecular flexibility index (Phi) is 4.06. The fourth-order valence-corrected chi connectivity index (χ4v) is 2.67. The molecular weight excluding hydrogens is 270 g/mol. The van der Waals surface area contributed by atoms with E-state index in [9.17, 15) is 9.59 Å². The van der Waals surface area contributed by atoms with Crippen molar-refractivity contribution in [1.29, 1.82) is 0 Å². The Bertz CT molecular complexity index is 514. The molecule has 21 heavy (non-hydrogen) atoms. The number of amides is 3. The second-order valence-corrected chi connectivity index (χ2v) is 5.18. The maximum atomic E-state index is 12.4. The van der Waals surface area contributed by atoms with E-state index < -0.39 is 0 Å². The van der Waals surface area contributed by atoms with Crippen molar-refractivity contribution in [3.05, 3.63) is 30.3 Å². The maximum absolute atomic E-state index is 12.4. The summed E-state index contributed by atoms with van der Waals surface area (Å²) in [6, 6.07) is 9.52. The Balaban J connectivity index is 1.63. The van der Waals surface area contributed by atoms with Crippen LogP contribution >= 0.6 is 0 Å². The Morgan fingerprint density at radius 2 is 1.67 bits per heavy atom. The van der Waals surface area contributed by atoms with Crippen LogP contribution in [0.15, 0.2) is 30.3 Å². The summed E-state index contributed by atoms with van der Waals surface area (Å²) in [5, 5.41) is 0. The molecule has 0 spiro atoms. The normalized spacial score (nSPS) is 19.8. The number of anilines is 1. The van der Waals surface area contributed by atoms with Crippen molar-refractivity contribution in [2.45, 2.75) is 0 Å². The lowest BCUT2D eigenvalue weighted by Gasteiger charge is -2.38. The van der Waals surface area contributed by atoms with Crippen LogP contribution in [0, 0.1) is 0 Å². The van der Waals surface area contributed by atoms with Crippen molar-refractivity contribution in [2.75, 3.05) is 50.8 Å². The molecule has 0 radical (unpaired) electrons. The van der Waals surface area contributed by atoms with Gasteiger partial charge >= 0.3 is 6.03 Å². The minimum absolute atomic E-state index is 0.0333. The van der Waals surface area contributed by atoms with Crippen LogP contribution in [0.1, 0.15) is 0 Å². The zero-order chi connectivity index (χ0) is 14.7. The van der Waals surface area contributed by atoms with Gasteiger partial charge in [-0.1, -0.05) is 18.2 Å². The van der Waals surface area contributed by atoms with Gasteiger partial charge in [0.1, 0.15) is 6.54 Å². The molecule has 0 unspecified atom stereocenters. The van der Waals surface area contributed by atoms with E-state index in [1.165, 1.54) is 0 Å². The van der Waals surface area contributed by atoms with Crippen LogP contribution < -0.4 is 4.90 Å². The van der Waals surface area contributed by atoms with Crippen LogP contribution in [0.3, 0.4) is 0 Å². The minimum atomic E-state index is -0.0561. The first kappa shape index (κ1) is 13.9.